The van der Waals surface area contributed by atoms with Gasteiger partial charge in [-0.2, -0.15) is 0 Å². The van der Waals surface area contributed by atoms with E-state index in [1.807, 2.05) is 0 Å². The van der Waals surface area contributed by atoms with Gasteiger partial charge in [0.25, 0.3) is 0 Å². The zero-order valence-corrected chi connectivity index (χ0v) is 12.2. The zero-order chi connectivity index (χ0) is 12.6. The molecule has 2 N–H and O–H groups in total. The summed E-state index contributed by atoms with van der Waals surface area (Å²) in [4.78, 5) is 0. The molecule has 0 fully saturated rings. The van der Waals surface area contributed by atoms with Crippen LogP contribution < -0.4 is 5.73 Å². The smallest absolute Gasteiger partial charge is 0.0481 e. The SMILES string of the molecule is Cn1cc(C(C)(C)CCN)c2cc(Br)ccc21. The first kappa shape index (κ1) is 12.7. The number of aryl methyl sites for hydroxylation is 1. The molecule has 0 saturated heterocycles. The Labute approximate surface area is 111 Å². The van der Waals surface area contributed by atoms with Gasteiger partial charge in [-0.15, -0.1) is 0 Å². The van der Waals surface area contributed by atoms with Crippen LogP contribution in [0.3, 0.4) is 0 Å². The van der Waals surface area contributed by atoms with Crippen molar-refractivity contribution in [2.24, 2.45) is 12.8 Å². The number of hydrogen-bond donors (Lipinski definition) is 1. The summed E-state index contributed by atoms with van der Waals surface area (Å²) in [5.74, 6) is 0. The highest BCUT2D eigenvalue weighted by Gasteiger charge is 2.23. The molecule has 0 amide bonds. The second-order valence-corrected chi connectivity index (χ2v) is 6.15. The Morgan fingerprint density at radius 2 is 2.06 bits per heavy atom. The third-order valence-corrected chi connectivity index (χ3v) is 3.94. The van der Waals surface area contributed by atoms with Crippen LogP contribution in [0.15, 0.2) is 28.9 Å². The Kier molecular flexibility index (Phi) is 3.32. The lowest BCUT2D eigenvalue weighted by Gasteiger charge is -2.23. The number of rotatable bonds is 3. The molecule has 3 heteroatoms. The van der Waals surface area contributed by atoms with Crippen molar-refractivity contribution in [3.05, 3.63) is 34.4 Å². The van der Waals surface area contributed by atoms with Crippen molar-refractivity contribution in [2.45, 2.75) is 25.7 Å². The normalized spacial score (nSPS) is 12.3. The quantitative estimate of drug-likeness (QED) is 0.922. The van der Waals surface area contributed by atoms with Gasteiger partial charge in [-0.05, 0) is 42.1 Å². The molecule has 0 radical (unpaired) electrons. The highest BCUT2D eigenvalue weighted by atomic mass is 79.9. The molecule has 17 heavy (non-hydrogen) atoms. The number of halogens is 1. The number of hydrogen-bond acceptors (Lipinski definition) is 1. The van der Waals surface area contributed by atoms with E-state index in [2.05, 4.69) is 65.8 Å². The van der Waals surface area contributed by atoms with E-state index in [4.69, 9.17) is 5.73 Å². The van der Waals surface area contributed by atoms with Gasteiger partial charge >= 0.3 is 0 Å². The molecule has 2 nitrogen and oxygen atoms in total. The fourth-order valence-electron chi connectivity index (χ4n) is 2.40. The number of fused-ring (bicyclic) bond motifs is 1. The average molecular weight is 295 g/mol. The average Bonchev–Trinajstić information content (AvgIpc) is 2.56. The molecule has 0 spiro atoms. The number of benzene rings is 1. The van der Waals surface area contributed by atoms with Gasteiger partial charge in [0.1, 0.15) is 0 Å². The maximum atomic E-state index is 5.72. The van der Waals surface area contributed by atoms with E-state index in [0.29, 0.717) is 0 Å². The molecule has 0 saturated carbocycles. The number of nitrogens with two attached hydrogens (primary N) is 1. The standard InChI is InChI=1S/C14H19BrN2/c1-14(2,6-7-16)12-9-17(3)13-5-4-10(15)8-11(12)13/h4-5,8-9H,6-7,16H2,1-3H3. The molecule has 92 valence electrons. The topological polar surface area (TPSA) is 30.9 Å². The molecule has 0 aliphatic heterocycles. The van der Waals surface area contributed by atoms with E-state index in [1.54, 1.807) is 0 Å². The Balaban J connectivity index is 2.65. The predicted molar refractivity (Wildman–Crippen MR) is 77.3 cm³/mol. The van der Waals surface area contributed by atoms with Gasteiger partial charge in [0.05, 0.1) is 0 Å². The van der Waals surface area contributed by atoms with Gasteiger partial charge in [-0.25, -0.2) is 0 Å². The van der Waals surface area contributed by atoms with E-state index < -0.39 is 0 Å². The fourth-order valence-corrected chi connectivity index (χ4v) is 2.76. The lowest BCUT2D eigenvalue weighted by Crippen LogP contribution is -2.21. The van der Waals surface area contributed by atoms with Gasteiger partial charge in [0.2, 0.25) is 0 Å². The van der Waals surface area contributed by atoms with Crippen LogP contribution in [0.1, 0.15) is 25.8 Å². The van der Waals surface area contributed by atoms with E-state index in [1.165, 1.54) is 16.5 Å². The second kappa shape index (κ2) is 4.46. The fraction of sp³-hybridized carbons (Fsp3) is 0.429. The maximum absolute atomic E-state index is 5.72. The van der Waals surface area contributed by atoms with Gasteiger partial charge in [0, 0.05) is 28.6 Å². The molecule has 1 aromatic heterocycles. The Hall–Kier alpha value is -0.800. The Bertz CT molecular complexity index is 540. The largest absolute Gasteiger partial charge is 0.350 e. The van der Waals surface area contributed by atoms with Gasteiger partial charge in [-0.3, -0.25) is 0 Å². The second-order valence-electron chi connectivity index (χ2n) is 5.24. The molecule has 1 heterocycles. The highest BCUT2D eigenvalue weighted by Crippen LogP contribution is 2.35. The molecule has 0 unspecified atom stereocenters. The molecule has 2 rings (SSSR count). The van der Waals surface area contributed by atoms with Crippen LogP contribution in [0.5, 0.6) is 0 Å². The summed E-state index contributed by atoms with van der Waals surface area (Å²) in [6.07, 6.45) is 3.23. The van der Waals surface area contributed by atoms with Crippen molar-refractivity contribution in [3.8, 4) is 0 Å². The van der Waals surface area contributed by atoms with Crippen LogP contribution in [-0.2, 0) is 12.5 Å². The molecule has 0 bridgehead atoms. The van der Waals surface area contributed by atoms with Crippen molar-refractivity contribution in [1.29, 1.82) is 0 Å². The Morgan fingerprint density at radius 1 is 1.35 bits per heavy atom. The molecule has 0 aliphatic carbocycles. The highest BCUT2D eigenvalue weighted by molar-refractivity contribution is 9.10. The van der Waals surface area contributed by atoms with Crippen LogP contribution in [0.2, 0.25) is 0 Å². The van der Waals surface area contributed by atoms with E-state index in [9.17, 15) is 0 Å². The minimum Gasteiger partial charge on any atom is -0.350 e. The van der Waals surface area contributed by atoms with Crippen molar-refractivity contribution >= 4 is 26.8 Å². The summed E-state index contributed by atoms with van der Waals surface area (Å²) in [6.45, 7) is 5.24. The first-order chi connectivity index (χ1) is 7.95. The molecule has 1 aromatic carbocycles. The number of aromatic nitrogens is 1. The molecule has 0 atom stereocenters. The van der Waals surface area contributed by atoms with Gasteiger partial charge < -0.3 is 10.3 Å². The minimum atomic E-state index is 0.120. The maximum Gasteiger partial charge on any atom is 0.0481 e. The zero-order valence-electron chi connectivity index (χ0n) is 10.6. The first-order valence-electron chi connectivity index (χ1n) is 5.91. The lowest BCUT2D eigenvalue weighted by atomic mass is 9.81. The monoisotopic (exact) mass is 294 g/mol. The van der Waals surface area contributed by atoms with Gasteiger partial charge in [-0.1, -0.05) is 29.8 Å². The van der Waals surface area contributed by atoms with Crippen molar-refractivity contribution in [3.63, 3.8) is 0 Å². The summed E-state index contributed by atoms with van der Waals surface area (Å²) in [5.41, 5.74) is 8.48. The van der Waals surface area contributed by atoms with E-state index in [-0.39, 0.29) is 5.41 Å². The van der Waals surface area contributed by atoms with Gasteiger partial charge in [0.15, 0.2) is 0 Å². The van der Waals surface area contributed by atoms with Crippen molar-refractivity contribution < 1.29 is 0 Å². The lowest BCUT2D eigenvalue weighted by molar-refractivity contribution is 0.490. The summed E-state index contributed by atoms with van der Waals surface area (Å²) < 4.78 is 3.32. The summed E-state index contributed by atoms with van der Waals surface area (Å²) in [5, 5.41) is 1.32. The minimum absolute atomic E-state index is 0.120. The van der Waals surface area contributed by atoms with Crippen LogP contribution in [0.25, 0.3) is 10.9 Å². The van der Waals surface area contributed by atoms with E-state index >= 15 is 0 Å². The molecular weight excluding hydrogens is 276 g/mol. The summed E-state index contributed by atoms with van der Waals surface area (Å²) in [6, 6.07) is 6.44. The molecule has 2 aromatic rings. The van der Waals surface area contributed by atoms with Crippen LogP contribution >= 0.6 is 15.9 Å². The third kappa shape index (κ3) is 2.26. The van der Waals surface area contributed by atoms with Crippen molar-refractivity contribution in [1.82, 2.24) is 4.57 Å². The summed E-state index contributed by atoms with van der Waals surface area (Å²) >= 11 is 3.55. The summed E-state index contributed by atoms with van der Waals surface area (Å²) in [7, 11) is 2.10. The Morgan fingerprint density at radius 3 is 2.71 bits per heavy atom. The number of nitrogens with zero attached hydrogens (tertiary/aromatic N) is 1. The van der Waals surface area contributed by atoms with E-state index in [0.717, 1.165) is 17.4 Å². The third-order valence-electron chi connectivity index (χ3n) is 3.45. The molecule has 0 aliphatic rings. The molecular formula is C14H19BrN2. The van der Waals surface area contributed by atoms with Crippen LogP contribution in [0, 0.1) is 0 Å². The first-order valence-corrected chi connectivity index (χ1v) is 6.70. The van der Waals surface area contributed by atoms with Crippen molar-refractivity contribution in [2.75, 3.05) is 6.54 Å². The van der Waals surface area contributed by atoms with Crippen LogP contribution in [0.4, 0.5) is 0 Å². The van der Waals surface area contributed by atoms with Crippen LogP contribution in [-0.4, -0.2) is 11.1 Å². The predicted octanol–water partition coefficient (Wildman–Crippen LogP) is 3.57.